The summed E-state index contributed by atoms with van der Waals surface area (Å²) >= 11 is 0. The molecule has 1 amide bonds. The summed E-state index contributed by atoms with van der Waals surface area (Å²) in [4.78, 5) is 23.9. The van der Waals surface area contributed by atoms with Crippen LogP contribution in [0.1, 0.15) is 29.8 Å². The monoisotopic (exact) mass is 398 g/mol. The van der Waals surface area contributed by atoms with E-state index >= 15 is 0 Å². The lowest BCUT2D eigenvalue weighted by atomic mass is 9.97. The van der Waals surface area contributed by atoms with Gasteiger partial charge >= 0.3 is 0 Å². The van der Waals surface area contributed by atoms with Crippen molar-refractivity contribution in [2.75, 3.05) is 38.8 Å². The number of aryl methyl sites for hydroxylation is 2. The Labute approximate surface area is 172 Å². The number of anilines is 1. The van der Waals surface area contributed by atoms with E-state index in [1.54, 1.807) is 14.2 Å². The first-order valence-corrected chi connectivity index (χ1v) is 10.1. The fraction of sp³-hybridized carbons (Fsp3) is 0.500. The van der Waals surface area contributed by atoms with Crippen molar-refractivity contribution in [2.45, 2.75) is 33.1 Å². The second-order valence-corrected chi connectivity index (χ2v) is 7.47. The molecule has 1 aliphatic heterocycles. The van der Waals surface area contributed by atoms with E-state index in [4.69, 9.17) is 9.47 Å². The van der Waals surface area contributed by atoms with Crippen LogP contribution in [0.2, 0.25) is 0 Å². The molecule has 0 bridgehead atoms. The maximum atomic E-state index is 12.7. The van der Waals surface area contributed by atoms with E-state index < -0.39 is 0 Å². The Morgan fingerprint density at radius 3 is 2.55 bits per heavy atom. The van der Waals surface area contributed by atoms with E-state index in [0.717, 1.165) is 48.7 Å². The molecule has 1 atom stereocenters. The minimum absolute atomic E-state index is 0.0430. The molecule has 1 aliphatic rings. The van der Waals surface area contributed by atoms with Gasteiger partial charge in [0, 0.05) is 31.0 Å². The first kappa shape index (κ1) is 20.9. The molecule has 7 heteroatoms. The molecule has 1 N–H and O–H groups in total. The summed E-state index contributed by atoms with van der Waals surface area (Å²) < 4.78 is 10.6. The Morgan fingerprint density at radius 1 is 1.14 bits per heavy atom. The van der Waals surface area contributed by atoms with Gasteiger partial charge in [0.2, 0.25) is 11.9 Å². The Hall–Kier alpha value is -2.83. The van der Waals surface area contributed by atoms with Crippen LogP contribution in [0, 0.1) is 19.8 Å². The van der Waals surface area contributed by atoms with Crippen molar-refractivity contribution in [3.63, 3.8) is 0 Å². The number of ether oxygens (including phenoxy) is 2. The lowest BCUT2D eigenvalue weighted by Gasteiger charge is -2.32. The molecule has 3 rings (SSSR count). The second-order valence-electron chi connectivity index (χ2n) is 7.47. The number of hydrogen-bond donors (Lipinski definition) is 1. The van der Waals surface area contributed by atoms with Crippen molar-refractivity contribution in [3.05, 3.63) is 41.2 Å². The summed E-state index contributed by atoms with van der Waals surface area (Å²) in [6.45, 7) is 6.08. The predicted molar refractivity (Wildman–Crippen MR) is 113 cm³/mol. The molecule has 1 aromatic heterocycles. The number of rotatable bonds is 7. The number of methoxy groups -OCH3 is 2. The summed E-state index contributed by atoms with van der Waals surface area (Å²) in [6, 6.07) is 7.79. The minimum atomic E-state index is -0.0430. The molecular weight excluding hydrogens is 368 g/mol. The van der Waals surface area contributed by atoms with Gasteiger partial charge < -0.3 is 19.7 Å². The number of amides is 1. The first-order chi connectivity index (χ1) is 14.0. The van der Waals surface area contributed by atoms with E-state index in [9.17, 15) is 4.79 Å². The zero-order valence-electron chi connectivity index (χ0n) is 17.7. The maximum Gasteiger partial charge on any atom is 0.225 e. The van der Waals surface area contributed by atoms with Gasteiger partial charge in [-0.15, -0.1) is 0 Å². The molecule has 0 aliphatic carbocycles. The van der Waals surface area contributed by atoms with Crippen molar-refractivity contribution in [1.82, 2.24) is 15.3 Å². The molecule has 0 saturated carbocycles. The molecule has 29 heavy (non-hydrogen) atoms. The number of piperidine rings is 1. The van der Waals surface area contributed by atoms with Crippen molar-refractivity contribution in [2.24, 2.45) is 5.92 Å². The Balaban J connectivity index is 1.54. The number of benzene rings is 1. The van der Waals surface area contributed by atoms with Crippen LogP contribution in [-0.4, -0.2) is 49.7 Å². The highest BCUT2D eigenvalue weighted by Crippen LogP contribution is 2.27. The average Bonchev–Trinajstić information content (AvgIpc) is 2.73. The number of nitrogens with one attached hydrogen (secondary N) is 1. The first-order valence-electron chi connectivity index (χ1n) is 10.1. The Morgan fingerprint density at radius 2 is 1.86 bits per heavy atom. The van der Waals surface area contributed by atoms with Gasteiger partial charge in [0.25, 0.3) is 0 Å². The van der Waals surface area contributed by atoms with E-state index in [0.29, 0.717) is 24.6 Å². The van der Waals surface area contributed by atoms with Crippen LogP contribution >= 0.6 is 0 Å². The van der Waals surface area contributed by atoms with Gasteiger partial charge in [-0.05, 0) is 56.9 Å². The van der Waals surface area contributed by atoms with Crippen LogP contribution in [0.3, 0.4) is 0 Å². The standard InChI is InChI=1S/C22H30N4O3/c1-15-12-16(2)25-22(24-15)26-11-5-6-18(14-26)21(27)23-10-9-17-7-8-19(28-3)20(13-17)29-4/h7-8,12-13,18H,5-6,9-11,14H2,1-4H3,(H,23,27). The van der Waals surface area contributed by atoms with E-state index in [2.05, 4.69) is 20.2 Å². The molecule has 7 nitrogen and oxygen atoms in total. The summed E-state index contributed by atoms with van der Waals surface area (Å²) in [6.07, 6.45) is 2.59. The van der Waals surface area contributed by atoms with Gasteiger partial charge in [-0.3, -0.25) is 4.79 Å². The third kappa shape index (κ3) is 5.37. The van der Waals surface area contributed by atoms with Crippen molar-refractivity contribution in [1.29, 1.82) is 0 Å². The van der Waals surface area contributed by atoms with Gasteiger partial charge in [0.1, 0.15) is 0 Å². The Bertz CT molecular complexity index is 836. The zero-order chi connectivity index (χ0) is 20.8. The highest BCUT2D eigenvalue weighted by molar-refractivity contribution is 5.79. The quantitative estimate of drug-likeness (QED) is 0.773. The van der Waals surface area contributed by atoms with Crippen LogP contribution in [0.5, 0.6) is 11.5 Å². The third-order valence-corrected chi connectivity index (χ3v) is 5.21. The van der Waals surface area contributed by atoms with Crippen LogP contribution in [-0.2, 0) is 11.2 Å². The van der Waals surface area contributed by atoms with Crippen molar-refractivity contribution in [3.8, 4) is 11.5 Å². The van der Waals surface area contributed by atoms with Crippen LogP contribution in [0.25, 0.3) is 0 Å². The topological polar surface area (TPSA) is 76.6 Å². The number of nitrogens with zero attached hydrogens (tertiary/aromatic N) is 3. The molecule has 1 saturated heterocycles. The predicted octanol–water partition coefficient (Wildman–Crippen LogP) is 2.69. The lowest BCUT2D eigenvalue weighted by Crippen LogP contribution is -2.44. The molecular formula is C22H30N4O3. The van der Waals surface area contributed by atoms with Gasteiger partial charge in [0.05, 0.1) is 20.1 Å². The maximum absolute atomic E-state index is 12.7. The Kier molecular flexibility index (Phi) is 6.90. The molecule has 0 spiro atoms. The number of hydrogen-bond acceptors (Lipinski definition) is 6. The molecule has 1 fully saturated rings. The fourth-order valence-electron chi connectivity index (χ4n) is 3.73. The van der Waals surface area contributed by atoms with Crippen LogP contribution < -0.4 is 19.7 Å². The number of aromatic nitrogens is 2. The van der Waals surface area contributed by atoms with Crippen LogP contribution in [0.15, 0.2) is 24.3 Å². The largest absolute Gasteiger partial charge is 0.493 e. The average molecular weight is 399 g/mol. The van der Waals surface area contributed by atoms with E-state index in [-0.39, 0.29) is 11.8 Å². The summed E-state index contributed by atoms with van der Waals surface area (Å²) in [5.41, 5.74) is 3.00. The lowest BCUT2D eigenvalue weighted by molar-refractivity contribution is -0.125. The number of carbonyl (C=O) groups is 1. The smallest absolute Gasteiger partial charge is 0.225 e. The summed E-state index contributed by atoms with van der Waals surface area (Å²) in [5.74, 6) is 2.19. The summed E-state index contributed by atoms with van der Waals surface area (Å²) in [7, 11) is 3.24. The molecule has 0 radical (unpaired) electrons. The molecule has 1 unspecified atom stereocenters. The fourth-order valence-corrected chi connectivity index (χ4v) is 3.73. The minimum Gasteiger partial charge on any atom is -0.493 e. The van der Waals surface area contributed by atoms with Crippen molar-refractivity contribution >= 4 is 11.9 Å². The van der Waals surface area contributed by atoms with E-state index in [1.165, 1.54) is 0 Å². The highest BCUT2D eigenvalue weighted by Gasteiger charge is 2.27. The van der Waals surface area contributed by atoms with Crippen molar-refractivity contribution < 1.29 is 14.3 Å². The molecule has 156 valence electrons. The molecule has 2 heterocycles. The van der Waals surface area contributed by atoms with Crippen LogP contribution in [0.4, 0.5) is 5.95 Å². The van der Waals surface area contributed by atoms with E-state index in [1.807, 2.05) is 38.1 Å². The number of carbonyl (C=O) groups excluding carboxylic acids is 1. The normalized spacial score (nSPS) is 16.4. The highest BCUT2D eigenvalue weighted by atomic mass is 16.5. The molecule has 1 aromatic carbocycles. The van der Waals surface area contributed by atoms with Gasteiger partial charge in [0.15, 0.2) is 11.5 Å². The van der Waals surface area contributed by atoms with Gasteiger partial charge in [-0.25, -0.2) is 9.97 Å². The van der Waals surface area contributed by atoms with Gasteiger partial charge in [-0.1, -0.05) is 6.07 Å². The molecule has 2 aromatic rings. The van der Waals surface area contributed by atoms with Gasteiger partial charge in [-0.2, -0.15) is 0 Å². The third-order valence-electron chi connectivity index (χ3n) is 5.21. The SMILES string of the molecule is COc1ccc(CCNC(=O)C2CCCN(c3nc(C)cc(C)n3)C2)cc1OC. The zero-order valence-corrected chi connectivity index (χ0v) is 17.7. The second kappa shape index (κ2) is 9.58. The summed E-state index contributed by atoms with van der Waals surface area (Å²) in [5, 5.41) is 3.08.